The van der Waals surface area contributed by atoms with Crippen LogP contribution in [0.3, 0.4) is 0 Å². The summed E-state index contributed by atoms with van der Waals surface area (Å²) in [5.41, 5.74) is 8.83. The standard InChI is InChI=1S/C21H21N5O3S/c1-2-12-5-3-4-6-17(12)26-10-14(8-18(26)27)20(29)25-21-24-16(11-30-21)13-7-15(19(22)28)23-9-13/h3-7,9,11,14,23H,2,8,10H2,1H3,(H2,22,28)(H,24,25,29). The van der Waals surface area contributed by atoms with Crippen LogP contribution in [0.15, 0.2) is 41.9 Å². The van der Waals surface area contributed by atoms with Crippen molar-refractivity contribution >= 4 is 39.9 Å². The Morgan fingerprint density at radius 3 is 2.90 bits per heavy atom. The third kappa shape index (κ3) is 3.84. The van der Waals surface area contributed by atoms with Crippen LogP contribution >= 0.6 is 11.3 Å². The van der Waals surface area contributed by atoms with Crippen molar-refractivity contribution in [1.82, 2.24) is 9.97 Å². The molecule has 1 fully saturated rings. The molecule has 1 aliphatic heterocycles. The number of carbonyl (C=O) groups excluding carboxylic acids is 3. The second-order valence-electron chi connectivity index (χ2n) is 7.08. The number of benzene rings is 1. The van der Waals surface area contributed by atoms with E-state index in [1.54, 1.807) is 22.5 Å². The van der Waals surface area contributed by atoms with Crippen LogP contribution in [0, 0.1) is 5.92 Å². The lowest BCUT2D eigenvalue weighted by Gasteiger charge is -2.19. The number of carbonyl (C=O) groups is 3. The van der Waals surface area contributed by atoms with Crippen molar-refractivity contribution in [2.24, 2.45) is 11.7 Å². The van der Waals surface area contributed by atoms with Crippen molar-refractivity contribution in [1.29, 1.82) is 0 Å². The smallest absolute Gasteiger partial charge is 0.265 e. The summed E-state index contributed by atoms with van der Waals surface area (Å²) in [6.07, 6.45) is 2.62. The lowest BCUT2D eigenvalue weighted by molar-refractivity contribution is -0.122. The number of para-hydroxylation sites is 1. The Kier molecular flexibility index (Phi) is 5.37. The molecule has 3 aromatic rings. The summed E-state index contributed by atoms with van der Waals surface area (Å²) in [5.74, 6) is -1.27. The first-order chi connectivity index (χ1) is 14.5. The zero-order valence-corrected chi connectivity index (χ0v) is 17.2. The Morgan fingerprint density at radius 1 is 1.37 bits per heavy atom. The molecule has 2 aromatic heterocycles. The van der Waals surface area contributed by atoms with Gasteiger partial charge in [0.2, 0.25) is 11.8 Å². The van der Waals surface area contributed by atoms with Gasteiger partial charge in [-0.05, 0) is 24.1 Å². The van der Waals surface area contributed by atoms with Crippen LogP contribution in [0.4, 0.5) is 10.8 Å². The summed E-state index contributed by atoms with van der Waals surface area (Å²) in [6.45, 7) is 2.39. The van der Waals surface area contributed by atoms with Gasteiger partial charge in [0.05, 0.1) is 11.6 Å². The number of H-pyrrole nitrogens is 1. The second-order valence-corrected chi connectivity index (χ2v) is 7.94. The van der Waals surface area contributed by atoms with Crippen LogP contribution in [-0.4, -0.2) is 34.2 Å². The average Bonchev–Trinajstić information content (AvgIpc) is 3.47. The van der Waals surface area contributed by atoms with E-state index in [1.807, 2.05) is 31.2 Å². The van der Waals surface area contributed by atoms with Crippen molar-refractivity contribution in [2.45, 2.75) is 19.8 Å². The Morgan fingerprint density at radius 2 is 2.17 bits per heavy atom. The zero-order chi connectivity index (χ0) is 21.3. The topological polar surface area (TPSA) is 121 Å². The second kappa shape index (κ2) is 8.11. The predicted octanol–water partition coefficient (Wildman–Crippen LogP) is 2.79. The van der Waals surface area contributed by atoms with Gasteiger partial charge < -0.3 is 20.9 Å². The summed E-state index contributed by atoms with van der Waals surface area (Å²) in [5, 5.41) is 5.04. The maximum absolute atomic E-state index is 12.7. The fourth-order valence-electron chi connectivity index (χ4n) is 3.54. The Hall–Kier alpha value is -3.46. The minimum absolute atomic E-state index is 0.0535. The molecule has 8 nitrogen and oxygen atoms in total. The molecule has 0 bridgehead atoms. The van der Waals surface area contributed by atoms with Crippen LogP contribution in [0.1, 0.15) is 29.4 Å². The lowest BCUT2D eigenvalue weighted by Crippen LogP contribution is -2.28. The summed E-state index contributed by atoms with van der Waals surface area (Å²) in [7, 11) is 0. The minimum Gasteiger partial charge on any atom is -0.364 e. The van der Waals surface area contributed by atoms with Crippen LogP contribution in [0.2, 0.25) is 0 Å². The highest BCUT2D eigenvalue weighted by molar-refractivity contribution is 7.14. The lowest BCUT2D eigenvalue weighted by atomic mass is 10.1. The number of aromatic nitrogens is 2. The molecule has 0 radical (unpaired) electrons. The van der Waals surface area contributed by atoms with Crippen LogP contribution in [0.5, 0.6) is 0 Å². The number of thiazole rings is 1. The van der Waals surface area contributed by atoms with Crippen LogP contribution in [0.25, 0.3) is 11.3 Å². The van der Waals surface area contributed by atoms with Gasteiger partial charge in [0, 0.05) is 35.8 Å². The van der Waals surface area contributed by atoms with Gasteiger partial charge in [-0.1, -0.05) is 25.1 Å². The summed E-state index contributed by atoms with van der Waals surface area (Å²) in [6, 6.07) is 9.38. The maximum Gasteiger partial charge on any atom is 0.265 e. The number of nitrogens with zero attached hydrogens (tertiary/aromatic N) is 2. The van der Waals surface area contributed by atoms with E-state index in [-0.39, 0.29) is 18.2 Å². The van der Waals surface area contributed by atoms with Crippen molar-refractivity contribution in [3.8, 4) is 11.3 Å². The highest BCUT2D eigenvalue weighted by atomic mass is 32.1. The van der Waals surface area contributed by atoms with E-state index >= 15 is 0 Å². The predicted molar refractivity (Wildman–Crippen MR) is 115 cm³/mol. The summed E-state index contributed by atoms with van der Waals surface area (Å²) in [4.78, 5) is 45.4. The number of anilines is 2. The molecule has 3 amide bonds. The average molecular weight is 423 g/mol. The number of hydrogen-bond acceptors (Lipinski definition) is 5. The zero-order valence-electron chi connectivity index (χ0n) is 16.3. The molecular weight excluding hydrogens is 402 g/mol. The molecule has 3 heterocycles. The van der Waals surface area contributed by atoms with E-state index < -0.39 is 11.8 Å². The molecule has 0 saturated carbocycles. The largest absolute Gasteiger partial charge is 0.364 e. The van der Waals surface area contributed by atoms with Gasteiger partial charge in [-0.3, -0.25) is 14.4 Å². The van der Waals surface area contributed by atoms with E-state index in [1.165, 1.54) is 11.3 Å². The first-order valence-electron chi connectivity index (χ1n) is 9.59. The number of primary amides is 1. The number of hydrogen-bond donors (Lipinski definition) is 3. The highest BCUT2D eigenvalue weighted by Crippen LogP contribution is 2.30. The van der Waals surface area contributed by atoms with Gasteiger partial charge in [-0.2, -0.15) is 0 Å². The van der Waals surface area contributed by atoms with Gasteiger partial charge in [-0.15, -0.1) is 11.3 Å². The molecule has 1 unspecified atom stereocenters. The van der Waals surface area contributed by atoms with Gasteiger partial charge in [-0.25, -0.2) is 4.98 Å². The van der Waals surface area contributed by atoms with Gasteiger partial charge in [0.25, 0.3) is 5.91 Å². The van der Waals surface area contributed by atoms with Crippen molar-refractivity contribution in [3.63, 3.8) is 0 Å². The quantitative estimate of drug-likeness (QED) is 0.564. The Labute approximate surface area is 177 Å². The molecule has 1 aromatic carbocycles. The molecule has 4 N–H and O–H groups in total. The fourth-order valence-corrected chi connectivity index (χ4v) is 4.27. The SMILES string of the molecule is CCc1ccccc1N1CC(C(=O)Nc2nc(-c3c[nH]c(C(N)=O)c3)cs2)CC1=O. The summed E-state index contributed by atoms with van der Waals surface area (Å²) >= 11 is 1.28. The third-order valence-corrected chi connectivity index (χ3v) is 5.90. The van der Waals surface area contributed by atoms with E-state index in [9.17, 15) is 14.4 Å². The number of aromatic amines is 1. The maximum atomic E-state index is 12.7. The van der Waals surface area contributed by atoms with Gasteiger partial charge >= 0.3 is 0 Å². The van der Waals surface area contributed by atoms with Gasteiger partial charge in [0.15, 0.2) is 5.13 Å². The fraction of sp³-hybridized carbons (Fsp3) is 0.238. The van der Waals surface area contributed by atoms with E-state index in [4.69, 9.17) is 5.73 Å². The molecule has 9 heteroatoms. The molecule has 30 heavy (non-hydrogen) atoms. The van der Waals surface area contributed by atoms with E-state index in [2.05, 4.69) is 15.3 Å². The first-order valence-corrected chi connectivity index (χ1v) is 10.5. The van der Waals surface area contributed by atoms with Crippen LogP contribution in [-0.2, 0) is 16.0 Å². The van der Waals surface area contributed by atoms with Crippen molar-refractivity contribution < 1.29 is 14.4 Å². The van der Waals surface area contributed by atoms with E-state index in [0.29, 0.717) is 28.6 Å². The molecule has 1 saturated heterocycles. The molecule has 4 rings (SSSR count). The van der Waals surface area contributed by atoms with Gasteiger partial charge in [0.1, 0.15) is 5.69 Å². The number of rotatable bonds is 6. The Balaban J connectivity index is 1.44. The third-order valence-electron chi connectivity index (χ3n) is 5.14. The molecular formula is C21H21N5O3S. The van der Waals surface area contributed by atoms with Crippen molar-refractivity contribution in [3.05, 3.63) is 53.2 Å². The minimum atomic E-state index is -0.551. The Bertz CT molecular complexity index is 1120. The monoisotopic (exact) mass is 423 g/mol. The summed E-state index contributed by atoms with van der Waals surface area (Å²) < 4.78 is 0. The normalized spacial score (nSPS) is 16.1. The highest BCUT2D eigenvalue weighted by Gasteiger charge is 2.36. The van der Waals surface area contributed by atoms with Crippen molar-refractivity contribution in [2.75, 3.05) is 16.8 Å². The molecule has 154 valence electrons. The molecule has 1 aliphatic rings. The number of nitrogens with one attached hydrogen (secondary N) is 2. The molecule has 1 atom stereocenters. The molecule has 0 spiro atoms. The number of aryl methyl sites for hydroxylation is 1. The van der Waals surface area contributed by atoms with Crippen LogP contribution < -0.4 is 16.0 Å². The number of amides is 3. The first kappa shape index (κ1) is 19.8. The van der Waals surface area contributed by atoms with E-state index in [0.717, 1.165) is 17.7 Å². The number of nitrogens with two attached hydrogens (primary N) is 1. The molecule has 0 aliphatic carbocycles.